The lowest BCUT2D eigenvalue weighted by Crippen LogP contribution is -3.04. The van der Waals surface area contributed by atoms with E-state index in [-0.39, 0.29) is 59.2 Å². The number of ether oxygens (including phenoxy) is 1. The number of aliphatic carboxylic acids is 1. The third-order valence-electron chi connectivity index (χ3n) is 3.47. The molecule has 2 aromatic carbocycles. The third kappa shape index (κ3) is 8.69. The van der Waals surface area contributed by atoms with Crippen LogP contribution in [0.25, 0.3) is 0 Å². The van der Waals surface area contributed by atoms with E-state index in [0.29, 0.717) is 17.9 Å². The average Bonchev–Trinajstić information content (AvgIpc) is 2.49. The number of alkyl halides is 1. The van der Waals surface area contributed by atoms with Gasteiger partial charge in [-0.15, -0.1) is 0 Å². The second-order valence-electron chi connectivity index (χ2n) is 7.09. The first-order valence-corrected chi connectivity index (χ1v) is 9.00. The normalized spacial score (nSPS) is 12.9. The van der Waals surface area contributed by atoms with Gasteiger partial charge >= 0.3 is 5.97 Å². The molecule has 0 aliphatic rings. The summed E-state index contributed by atoms with van der Waals surface area (Å²) >= 11 is 2.01. The summed E-state index contributed by atoms with van der Waals surface area (Å²) in [6.07, 6.45) is 0.402. The van der Waals surface area contributed by atoms with Crippen molar-refractivity contribution >= 4 is 28.6 Å². The number of aromatic hydroxyl groups is 1. The van der Waals surface area contributed by atoms with Gasteiger partial charge in [0.15, 0.2) is 0 Å². The Kier molecular flexibility index (Phi) is 10.9. The van der Waals surface area contributed by atoms with E-state index in [0.717, 1.165) is 5.56 Å². The first kappa shape index (κ1) is 26.7. The van der Waals surface area contributed by atoms with Crippen LogP contribution in [0.5, 0.6) is 17.2 Å². The molecule has 0 fully saturated rings. The van der Waals surface area contributed by atoms with Gasteiger partial charge in [0.25, 0.3) is 0 Å². The summed E-state index contributed by atoms with van der Waals surface area (Å²) in [5, 5.41) is 20.8. The monoisotopic (exact) mass is 710 g/mol. The molecule has 2 rings (SSSR count). The van der Waals surface area contributed by atoms with Gasteiger partial charge in [0.2, 0.25) is 3.55 Å². The fourth-order valence-corrected chi connectivity index (χ4v) is 3.87. The summed E-state index contributed by atoms with van der Waals surface area (Å²) in [5.74, 6) is 0.626. The number of carboxylic acids is 1. The molecule has 0 aromatic heterocycles. The van der Waals surface area contributed by atoms with Crippen LogP contribution in [0.3, 0.4) is 0 Å². The predicted octanol–water partition coefficient (Wildman–Crippen LogP) is -2.69. The Hall–Kier alpha value is -0.340. The lowest BCUT2D eigenvalue weighted by Gasteiger charge is -2.29. The first-order valence-electron chi connectivity index (χ1n) is 7.93. The lowest BCUT2D eigenvalue weighted by molar-refractivity contribution is -0.743. The Bertz CT molecular complexity index is 730. The van der Waals surface area contributed by atoms with Gasteiger partial charge in [-0.05, 0) is 62.7 Å². The van der Waals surface area contributed by atoms with Crippen LogP contribution in [-0.4, -0.2) is 25.3 Å². The van der Waals surface area contributed by atoms with Crippen molar-refractivity contribution in [1.29, 1.82) is 0 Å². The Labute approximate surface area is 207 Å². The highest BCUT2D eigenvalue weighted by Gasteiger charge is 2.43. The van der Waals surface area contributed by atoms with Gasteiger partial charge in [-0.25, -0.2) is 4.79 Å². The maximum Gasteiger partial charge on any atom is 0.376 e. The molecule has 0 aliphatic carbocycles. The van der Waals surface area contributed by atoms with Gasteiger partial charge in [-0.3, -0.25) is 0 Å². The Morgan fingerprint density at radius 2 is 1.44 bits per heavy atom. The van der Waals surface area contributed by atoms with Crippen LogP contribution in [0, 0.1) is 0 Å². The number of nitrogens with two attached hydrogens (primary N) is 1. The van der Waals surface area contributed by atoms with Crippen molar-refractivity contribution in [3.63, 3.8) is 0 Å². The van der Waals surface area contributed by atoms with Crippen molar-refractivity contribution in [3.8, 4) is 17.2 Å². The molecule has 150 valence electrons. The smallest absolute Gasteiger partial charge is 0.376 e. The summed E-state index contributed by atoms with van der Waals surface area (Å²) in [7, 11) is 0. The average molecular weight is 710 g/mol. The summed E-state index contributed by atoms with van der Waals surface area (Å²) in [6.45, 7) is 5.99. The fourth-order valence-electron chi connectivity index (χ4n) is 2.50. The highest BCUT2D eigenvalue weighted by atomic mass is 127. The van der Waals surface area contributed by atoms with E-state index in [1.54, 1.807) is 24.3 Å². The minimum Gasteiger partial charge on any atom is -1.00 e. The molecule has 0 heterocycles. The Morgan fingerprint density at radius 1 is 1.00 bits per heavy atom. The molecule has 0 amide bonds. The highest BCUT2D eigenvalue weighted by molar-refractivity contribution is 14.1. The third-order valence-corrected chi connectivity index (χ3v) is 4.63. The number of carboxylic acid groups (broad SMARTS) is 1. The molecule has 2 aromatic rings. The maximum absolute atomic E-state index is 11.8. The standard InChI is InChI=1S/C19H22INO4.2HI/c1-18(2,3)21-19(20,17(23)24)12-13-4-8-15(9-5-13)25-16-10-6-14(22)7-11-16;;/h4-11,21-22H,12H2,1-3H3,(H,23,24);2*1H/p-1/t19-;;/m0../s1. The number of phenols is 1. The van der Waals surface area contributed by atoms with Crippen LogP contribution < -0.4 is 58.0 Å². The number of hydrogen-bond donors (Lipinski definition) is 3. The number of benzene rings is 2. The van der Waals surface area contributed by atoms with E-state index in [1.165, 1.54) is 0 Å². The van der Waals surface area contributed by atoms with Crippen LogP contribution >= 0.6 is 22.6 Å². The molecule has 1 atom stereocenters. The van der Waals surface area contributed by atoms with Crippen molar-refractivity contribution in [1.82, 2.24) is 0 Å². The minimum atomic E-state index is -0.963. The van der Waals surface area contributed by atoms with Crippen molar-refractivity contribution in [2.75, 3.05) is 0 Å². The second kappa shape index (κ2) is 11.0. The highest BCUT2D eigenvalue weighted by Crippen LogP contribution is 2.25. The molecule has 4 N–H and O–H groups in total. The zero-order chi connectivity index (χ0) is 18.7. The van der Waals surface area contributed by atoms with E-state index in [9.17, 15) is 15.0 Å². The van der Waals surface area contributed by atoms with E-state index >= 15 is 0 Å². The van der Waals surface area contributed by atoms with Crippen LogP contribution in [0.1, 0.15) is 26.3 Å². The van der Waals surface area contributed by atoms with E-state index in [1.807, 2.05) is 72.9 Å². The van der Waals surface area contributed by atoms with Crippen LogP contribution in [0.4, 0.5) is 0 Å². The first-order chi connectivity index (χ1) is 11.6. The van der Waals surface area contributed by atoms with Gasteiger partial charge in [-0.1, -0.05) is 12.1 Å². The Morgan fingerprint density at radius 3 is 1.85 bits per heavy atom. The van der Waals surface area contributed by atoms with Crippen molar-refractivity contribution < 1.29 is 73.0 Å². The number of phenolic OH excluding ortho intramolecular Hbond substituents is 1. The number of hydrogen-bond acceptors (Lipinski definition) is 3. The van der Waals surface area contributed by atoms with Crippen molar-refractivity contribution in [2.24, 2.45) is 0 Å². The number of quaternary nitrogens is 1. The lowest BCUT2D eigenvalue weighted by atomic mass is 10.0. The molecular formula is C19H23I3NO4-. The topological polar surface area (TPSA) is 83.4 Å². The summed E-state index contributed by atoms with van der Waals surface area (Å²) in [4.78, 5) is 11.8. The molecule has 27 heavy (non-hydrogen) atoms. The number of halogens is 3. The van der Waals surface area contributed by atoms with Gasteiger partial charge in [0.1, 0.15) is 17.2 Å². The molecular weight excluding hydrogens is 687 g/mol. The van der Waals surface area contributed by atoms with Crippen molar-refractivity contribution in [2.45, 2.75) is 36.3 Å². The molecule has 0 unspecified atom stereocenters. The fraction of sp³-hybridized carbons (Fsp3) is 0.316. The van der Waals surface area contributed by atoms with E-state index in [4.69, 9.17) is 4.74 Å². The maximum atomic E-state index is 11.8. The zero-order valence-electron chi connectivity index (χ0n) is 15.2. The van der Waals surface area contributed by atoms with Gasteiger partial charge in [0.05, 0.1) is 5.54 Å². The molecule has 0 saturated carbocycles. The van der Waals surface area contributed by atoms with Crippen LogP contribution in [0.15, 0.2) is 48.5 Å². The van der Waals surface area contributed by atoms with Crippen LogP contribution in [0.2, 0.25) is 0 Å². The van der Waals surface area contributed by atoms with Gasteiger partial charge in [0, 0.05) is 29.0 Å². The number of rotatable bonds is 6. The molecule has 8 heteroatoms. The van der Waals surface area contributed by atoms with Crippen molar-refractivity contribution in [3.05, 3.63) is 54.1 Å². The molecule has 5 nitrogen and oxygen atoms in total. The largest absolute Gasteiger partial charge is 1.00 e. The molecule has 0 aliphatic heterocycles. The van der Waals surface area contributed by atoms with Crippen LogP contribution in [-0.2, 0) is 11.2 Å². The Balaban J connectivity index is 0.00000338. The molecule has 0 saturated heterocycles. The number of carbonyl (C=O) groups is 1. The SMILES string of the molecule is CC(C)(C)[NH2+][C@@](I)(Cc1ccc(Oc2ccc(O)cc2)cc1)C(=O)O.[I-].[I-]. The summed E-state index contributed by atoms with van der Waals surface area (Å²) in [6, 6.07) is 13.9. The van der Waals surface area contributed by atoms with E-state index < -0.39 is 9.51 Å². The predicted molar refractivity (Wildman–Crippen MR) is 104 cm³/mol. The van der Waals surface area contributed by atoms with Gasteiger partial charge in [-0.2, -0.15) is 0 Å². The summed E-state index contributed by atoms with van der Waals surface area (Å²) < 4.78 is 4.75. The van der Waals surface area contributed by atoms with Gasteiger partial charge < -0.3 is 68.2 Å². The minimum absolute atomic E-state index is 0. The quantitative estimate of drug-likeness (QED) is 0.174. The van der Waals surface area contributed by atoms with E-state index in [2.05, 4.69) is 0 Å². The molecule has 0 bridgehead atoms. The molecule has 0 spiro atoms. The second-order valence-corrected chi connectivity index (χ2v) is 9.02. The zero-order valence-corrected chi connectivity index (χ0v) is 21.7. The summed E-state index contributed by atoms with van der Waals surface area (Å²) in [5.41, 5.74) is 0.733. The molecule has 0 radical (unpaired) electrons.